The zero-order valence-corrected chi connectivity index (χ0v) is 11.8. The van der Waals surface area contributed by atoms with Crippen molar-refractivity contribution >= 4 is 16.0 Å². The average Bonchev–Trinajstić information content (AvgIpc) is 2.94. The van der Waals surface area contributed by atoms with Gasteiger partial charge in [0.25, 0.3) is 0 Å². The molecule has 21 heavy (non-hydrogen) atoms. The number of halogens is 3. The Hall–Kier alpha value is -1.55. The van der Waals surface area contributed by atoms with E-state index in [4.69, 9.17) is 5.11 Å². The first kappa shape index (κ1) is 15.8. The van der Waals surface area contributed by atoms with E-state index in [0.29, 0.717) is 4.31 Å². The van der Waals surface area contributed by atoms with E-state index in [-0.39, 0.29) is 4.90 Å². The van der Waals surface area contributed by atoms with Crippen molar-refractivity contribution in [3.8, 4) is 0 Å². The zero-order valence-electron chi connectivity index (χ0n) is 11.0. The van der Waals surface area contributed by atoms with Gasteiger partial charge >= 0.3 is 12.1 Å². The van der Waals surface area contributed by atoms with Crippen LogP contribution in [0.15, 0.2) is 23.4 Å². The Kier molecular flexibility index (Phi) is 3.57. The SMILES string of the molecule is Cn1ccc(S(=O)(=O)N2CCC(C(=O)O)(C(F)(F)F)C2)c1. The summed E-state index contributed by atoms with van der Waals surface area (Å²) >= 11 is 0. The molecule has 1 unspecified atom stereocenters. The van der Waals surface area contributed by atoms with Crippen molar-refractivity contribution in [2.45, 2.75) is 17.5 Å². The Morgan fingerprint density at radius 3 is 2.43 bits per heavy atom. The van der Waals surface area contributed by atoms with Gasteiger partial charge in [0.2, 0.25) is 10.0 Å². The summed E-state index contributed by atoms with van der Waals surface area (Å²) in [6.45, 7) is -1.59. The predicted molar refractivity (Wildman–Crippen MR) is 64.9 cm³/mol. The summed E-state index contributed by atoms with van der Waals surface area (Å²) in [4.78, 5) is 10.9. The number of sulfonamides is 1. The minimum atomic E-state index is -5.01. The van der Waals surface area contributed by atoms with Crippen molar-refractivity contribution in [3.05, 3.63) is 18.5 Å². The van der Waals surface area contributed by atoms with Crippen LogP contribution in [0.25, 0.3) is 0 Å². The smallest absolute Gasteiger partial charge is 0.406 e. The Morgan fingerprint density at radius 1 is 1.43 bits per heavy atom. The third kappa shape index (κ3) is 2.42. The molecule has 1 N–H and O–H groups in total. The van der Waals surface area contributed by atoms with E-state index in [1.165, 1.54) is 23.0 Å². The van der Waals surface area contributed by atoms with E-state index in [0.717, 1.165) is 0 Å². The van der Waals surface area contributed by atoms with Gasteiger partial charge in [-0.3, -0.25) is 4.79 Å². The second kappa shape index (κ2) is 4.73. The summed E-state index contributed by atoms with van der Waals surface area (Å²) in [5.74, 6) is -2.05. The van der Waals surface area contributed by atoms with Crippen LogP contribution in [0.2, 0.25) is 0 Å². The first-order valence-electron chi connectivity index (χ1n) is 5.93. The van der Waals surface area contributed by atoms with Gasteiger partial charge in [-0.05, 0) is 12.5 Å². The van der Waals surface area contributed by atoms with Gasteiger partial charge < -0.3 is 9.67 Å². The number of aryl methyl sites for hydroxylation is 1. The highest BCUT2D eigenvalue weighted by Gasteiger charge is 2.65. The van der Waals surface area contributed by atoms with Gasteiger partial charge in [-0.1, -0.05) is 0 Å². The van der Waals surface area contributed by atoms with Gasteiger partial charge in [0.05, 0.1) is 4.90 Å². The summed E-state index contributed by atoms with van der Waals surface area (Å²) in [5, 5.41) is 8.91. The number of hydrogen-bond acceptors (Lipinski definition) is 3. The highest BCUT2D eigenvalue weighted by molar-refractivity contribution is 7.89. The first-order valence-corrected chi connectivity index (χ1v) is 7.37. The molecule has 118 valence electrons. The molecule has 2 rings (SSSR count). The molecule has 1 fully saturated rings. The Bertz CT molecular complexity index is 667. The van der Waals surface area contributed by atoms with Gasteiger partial charge in [-0.15, -0.1) is 0 Å². The van der Waals surface area contributed by atoms with Crippen LogP contribution in [0, 0.1) is 5.41 Å². The topological polar surface area (TPSA) is 79.6 Å². The molecule has 2 heterocycles. The molecule has 0 bridgehead atoms. The number of aromatic nitrogens is 1. The van der Waals surface area contributed by atoms with Gasteiger partial charge in [0, 0.05) is 32.5 Å². The molecule has 0 aliphatic carbocycles. The molecule has 0 spiro atoms. The lowest BCUT2D eigenvalue weighted by Gasteiger charge is -2.27. The molecule has 6 nitrogen and oxygen atoms in total. The lowest BCUT2D eigenvalue weighted by molar-refractivity contribution is -0.226. The van der Waals surface area contributed by atoms with E-state index in [2.05, 4.69) is 0 Å². The maximum Gasteiger partial charge on any atom is 0.406 e. The number of carboxylic acid groups (broad SMARTS) is 1. The van der Waals surface area contributed by atoms with Gasteiger partial charge in [0.15, 0.2) is 5.41 Å². The molecular formula is C11H13F3N2O4S. The van der Waals surface area contributed by atoms with E-state index in [1.54, 1.807) is 7.05 Å². The molecule has 1 aliphatic heterocycles. The second-order valence-electron chi connectivity index (χ2n) is 4.99. The highest BCUT2D eigenvalue weighted by atomic mass is 32.2. The van der Waals surface area contributed by atoms with Crippen LogP contribution >= 0.6 is 0 Å². The first-order chi connectivity index (χ1) is 9.50. The second-order valence-corrected chi connectivity index (χ2v) is 6.92. The summed E-state index contributed by atoms with van der Waals surface area (Å²) in [7, 11) is -2.56. The van der Waals surface area contributed by atoms with Crippen molar-refractivity contribution in [2.24, 2.45) is 12.5 Å². The molecular weight excluding hydrogens is 313 g/mol. The third-order valence-corrected chi connectivity index (χ3v) is 5.46. The van der Waals surface area contributed by atoms with E-state index in [1.807, 2.05) is 0 Å². The lowest BCUT2D eigenvalue weighted by Crippen LogP contribution is -2.47. The fourth-order valence-electron chi connectivity index (χ4n) is 2.29. The number of rotatable bonds is 3. The van der Waals surface area contributed by atoms with Crippen LogP contribution in [-0.2, 0) is 21.9 Å². The van der Waals surface area contributed by atoms with E-state index >= 15 is 0 Å². The Balaban J connectivity index is 2.36. The molecule has 1 aromatic rings. The van der Waals surface area contributed by atoms with Crippen LogP contribution in [0.1, 0.15) is 6.42 Å². The third-order valence-electron chi connectivity index (χ3n) is 3.63. The molecule has 1 aliphatic rings. The summed E-state index contributed by atoms with van der Waals surface area (Å²) in [6.07, 6.45) is -3.11. The normalized spacial score (nSPS) is 24.4. The zero-order chi connectivity index (χ0) is 16.1. The van der Waals surface area contributed by atoms with E-state index in [9.17, 15) is 26.4 Å². The average molecular weight is 326 g/mol. The van der Waals surface area contributed by atoms with Crippen molar-refractivity contribution in [3.63, 3.8) is 0 Å². The molecule has 1 aromatic heterocycles. The fourth-order valence-corrected chi connectivity index (χ4v) is 3.84. The number of alkyl halides is 3. The molecule has 0 aromatic carbocycles. The van der Waals surface area contributed by atoms with Crippen molar-refractivity contribution in [1.29, 1.82) is 0 Å². The van der Waals surface area contributed by atoms with Gasteiger partial charge in [0.1, 0.15) is 0 Å². The van der Waals surface area contributed by atoms with Crippen LogP contribution < -0.4 is 0 Å². The maximum atomic E-state index is 13.0. The Labute approximate surface area is 118 Å². The van der Waals surface area contributed by atoms with Crippen LogP contribution in [-0.4, -0.2) is 47.6 Å². The minimum absolute atomic E-state index is 0.159. The summed E-state index contributed by atoms with van der Waals surface area (Å²) < 4.78 is 65.6. The molecule has 1 saturated heterocycles. The van der Waals surface area contributed by atoms with Crippen molar-refractivity contribution < 1.29 is 31.5 Å². The van der Waals surface area contributed by atoms with Crippen LogP contribution in [0.3, 0.4) is 0 Å². The maximum absolute atomic E-state index is 13.0. The molecule has 1 atom stereocenters. The van der Waals surface area contributed by atoms with Gasteiger partial charge in [-0.2, -0.15) is 17.5 Å². The minimum Gasteiger partial charge on any atom is -0.481 e. The molecule has 0 amide bonds. The van der Waals surface area contributed by atoms with Gasteiger partial charge in [-0.25, -0.2) is 8.42 Å². The van der Waals surface area contributed by atoms with Crippen molar-refractivity contribution in [2.75, 3.05) is 13.1 Å². The largest absolute Gasteiger partial charge is 0.481 e. The standard InChI is InChI=1S/C11H13F3N2O4S/c1-15-4-2-8(6-15)21(19,20)16-5-3-10(7-16,9(17)18)11(12,13)14/h2,4,6H,3,5,7H2,1H3,(H,17,18). The number of hydrogen-bond donors (Lipinski definition) is 1. The summed E-state index contributed by atoms with van der Waals surface area (Å²) in [6, 6.07) is 1.25. The highest BCUT2D eigenvalue weighted by Crippen LogP contribution is 2.46. The monoisotopic (exact) mass is 326 g/mol. The number of carboxylic acids is 1. The lowest BCUT2D eigenvalue weighted by atomic mass is 9.86. The van der Waals surface area contributed by atoms with Crippen LogP contribution in [0.4, 0.5) is 13.2 Å². The summed E-state index contributed by atoms with van der Waals surface area (Å²) in [5.41, 5.74) is -3.05. The Morgan fingerprint density at radius 2 is 2.05 bits per heavy atom. The molecule has 0 radical (unpaired) electrons. The number of carbonyl (C=O) groups is 1. The quantitative estimate of drug-likeness (QED) is 0.900. The predicted octanol–water partition coefficient (Wildman–Crippen LogP) is 1.05. The molecule has 0 saturated carbocycles. The number of aliphatic carboxylic acids is 1. The van der Waals surface area contributed by atoms with E-state index < -0.39 is 47.1 Å². The van der Waals surface area contributed by atoms with Crippen LogP contribution in [0.5, 0.6) is 0 Å². The fraction of sp³-hybridized carbons (Fsp3) is 0.545. The van der Waals surface area contributed by atoms with Crippen molar-refractivity contribution in [1.82, 2.24) is 8.87 Å². The molecule has 10 heteroatoms. The number of nitrogens with zero attached hydrogens (tertiary/aromatic N) is 2.